The first kappa shape index (κ1) is 18.2. The maximum atomic E-state index is 13.5. The molecule has 1 saturated carbocycles. The van der Waals surface area contributed by atoms with Gasteiger partial charge in [0.25, 0.3) is 0 Å². The van der Waals surface area contributed by atoms with E-state index in [9.17, 15) is 4.39 Å². The molecule has 2 fully saturated rings. The van der Waals surface area contributed by atoms with Gasteiger partial charge < -0.3 is 15.5 Å². The standard InChI is InChI=1S/C20H31FN4/c1-3-10-25-11-7-16(14-25)13-23-19(22-2)24-15-20(8-9-20)17-5-4-6-18(21)12-17/h4-6,12,16H,3,7-11,13-15H2,1-2H3,(H2,22,23,24). The number of likely N-dealkylation sites (tertiary alicyclic amines) is 1. The third kappa shape index (κ3) is 4.72. The van der Waals surface area contributed by atoms with Gasteiger partial charge in [-0.25, -0.2) is 4.39 Å². The molecule has 1 atom stereocenters. The van der Waals surface area contributed by atoms with E-state index in [4.69, 9.17) is 0 Å². The summed E-state index contributed by atoms with van der Waals surface area (Å²) in [4.78, 5) is 6.90. The number of nitrogens with one attached hydrogen (secondary N) is 2. The highest BCUT2D eigenvalue weighted by atomic mass is 19.1. The maximum absolute atomic E-state index is 13.5. The average Bonchev–Trinajstić information content (AvgIpc) is 3.28. The molecule has 1 heterocycles. The lowest BCUT2D eigenvalue weighted by Gasteiger charge is -2.20. The van der Waals surface area contributed by atoms with Crippen LogP contribution in [-0.4, -0.2) is 50.6 Å². The van der Waals surface area contributed by atoms with Crippen molar-refractivity contribution in [3.63, 3.8) is 0 Å². The maximum Gasteiger partial charge on any atom is 0.191 e. The van der Waals surface area contributed by atoms with E-state index >= 15 is 0 Å². The Morgan fingerprint density at radius 2 is 2.20 bits per heavy atom. The van der Waals surface area contributed by atoms with Gasteiger partial charge in [-0.15, -0.1) is 0 Å². The third-order valence-corrected chi connectivity index (χ3v) is 5.58. The monoisotopic (exact) mass is 346 g/mol. The van der Waals surface area contributed by atoms with Crippen LogP contribution in [0.15, 0.2) is 29.3 Å². The van der Waals surface area contributed by atoms with Gasteiger partial charge in [0, 0.05) is 32.1 Å². The van der Waals surface area contributed by atoms with E-state index in [1.165, 1.54) is 38.5 Å². The number of halogens is 1. The molecule has 3 rings (SSSR count). The van der Waals surface area contributed by atoms with Crippen LogP contribution in [0.5, 0.6) is 0 Å². The van der Waals surface area contributed by atoms with Gasteiger partial charge in [0.1, 0.15) is 5.82 Å². The molecule has 0 spiro atoms. The lowest BCUT2D eigenvalue weighted by Crippen LogP contribution is -2.43. The molecule has 1 saturated heterocycles. The van der Waals surface area contributed by atoms with Crippen LogP contribution in [-0.2, 0) is 5.41 Å². The summed E-state index contributed by atoms with van der Waals surface area (Å²) in [5, 5.41) is 6.93. The van der Waals surface area contributed by atoms with Crippen LogP contribution in [0.3, 0.4) is 0 Å². The second-order valence-electron chi connectivity index (χ2n) is 7.55. The van der Waals surface area contributed by atoms with Gasteiger partial charge in [0.2, 0.25) is 0 Å². The molecule has 2 N–H and O–H groups in total. The van der Waals surface area contributed by atoms with Crippen molar-refractivity contribution in [1.29, 1.82) is 0 Å². The fraction of sp³-hybridized carbons (Fsp3) is 0.650. The van der Waals surface area contributed by atoms with Crippen LogP contribution in [0.4, 0.5) is 4.39 Å². The van der Waals surface area contributed by atoms with Gasteiger partial charge in [0.05, 0.1) is 0 Å². The molecule has 138 valence electrons. The van der Waals surface area contributed by atoms with E-state index in [1.54, 1.807) is 12.1 Å². The van der Waals surface area contributed by atoms with E-state index in [0.717, 1.165) is 37.5 Å². The van der Waals surface area contributed by atoms with E-state index in [1.807, 2.05) is 13.1 Å². The normalized spacial score (nSPS) is 22.8. The number of benzene rings is 1. The first-order valence-electron chi connectivity index (χ1n) is 9.58. The van der Waals surface area contributed by atoms with E-state index < -0.39 is 0 Å². The Balaban J connectivity index is 1.46. The molecule has 1 aromatic carbocycles. The molecule has 4 nitrogen and oxygen atoms in total. The topological polar surface area (TPSA) is 39.7 Å². The summed E-state index contributed by atoms with van der Waals surface area (Å²) < 4.78 is 13.5. The molecular weight excluding hydrogens is 315 g/mol. The highest BCUT2D eigenvalue weighted by Gasteiger charge is 2.44. The molecule has 0 bridgehead atoms. The Kier molecular flexibility index (Phi) is 5.94. The van der Waals surface area contributed by atoms with Gasteiger partial charge >= 0.3 is 0 Å². The molecule has 1 aromatic rings. The third-order valence-electron chi connectivity index (χ3n) is 5.58. The Hall–Kier alpha value is -1.62. The predicted octanol–water partition coefficient (Wildman–Crippen LogP) is 2.75. The second kappa shape index (κ2) is 8.17. The Labute approximate surface area is 150 Å². The minimum Gasteiger partial charge on any atom is -0.356 e. The SMILES string of the molecule is CCCN1CCC(CNC(=NC)NCC2(c3cccc(F)c3)CC2)C1. The predicted molar refractivity (Wildman–Crippen MR) is 102 cm³/mol. The summed E-state index contributed by atoms with van der Waals surface area (Å²) in [6, 6.07) is 7.03. The summed E-state index contributed by atoms with van der Waals surface area (Å²) >= 11 is 0. The minimum atomic E-state index is -0.149. The summed E-state index contributed by atoms with van der Waals surface area (Å²) in [6.45, 7) is 7.62. The van der Waals surface area contributed by atoms with Crippen molar-refractivity contribution in [2.75, 3.05) is 39.8 Å². The molecule has 0 amide bonds. The summed E-state index contributed by atoms with van der Waals surface area (Å²) in [5.41, 5.74) is 1.17. The first-order valence-corrected chi connectivity index (χ1v) is 9.58. The number of rotatable bonds is 7. The van der Waals surface area contributed by atoms with Gasteiger partial charge in [-0.05, 0) is 62.4 Å². The van der Waals surface area contributed by atoms with Crippen molar-refractivity contribution < 1.29 is 4.39 Å². The molecule has 0 radical (unpaired) electrons. The zero-order valence-corrected chi connectivity index (χ0v) is 15.5. The number of guanidine groups is 1. The fourth-order valence-corrected chi connectivity index (χ4v) is 3.85. The number of hydrogen-bond acceptors (Lipinski definition) is 2. The van der Waals surface area contributed by atoms with Crippen molar-refractivity contribution in [2.24, 2.45) is 10.9 Å². The number of nitrogens with zero attached hydrogens (tertiary/aromatic N) is 2. The molecule has 1 aliphatic heterocycles. The van der Waals surface area contributed by atoms with Crippen LogP contribution < -0.4 is 10.6 Å². The van der Waals surface area contributed by atoms with Gasteiger partial charge in [0.15, 0.2) is 5.96 Å². The fourth-order valence-electron chi connectivity index (χ4n) is 3.85. The largest absolute Gasteiger partial charge is 0.356 e. The zero-order valence-electron chi connectivity index (χ0n) is 15.5. The number of aliphatic imine (C=N–C) groups is 1. The summed E-state index contributed by atoms with van der Waals surface area (Å²) in [5.74, 6) is 1.41. The summed E-state index contributed by atoms with van der Waals surface area (Å²) in [6.07, 6.45) is 4.70. The van der Waals surface area contributed by atoms with Crippen LogP contribution in [0.25, 0.3) is 0 Å². The van der Waals surface area contributed by atoms with Crippen LogP contribution in [0.1, 0.15) is 38.2 Å². The molecule has 2 aliphatic rings. The molecule has 5 heteroatoms. The Morgan fingerprint density at radius 1 is 1.36 bits per heavy atom. The van der Waals surface area contributed by atoms with Crippen LogP contribution in [0.2, 0.25) is 0 Å². The Morgan fingerprint density at radius 3 is 2.88 bits per heavy atom. The minimum absolute atomic E-state index is 0.0744. The molecule has 1 unspecified atom stereocenters. The molecule has 1 aliphatic carbocycles. The van der Waals surface area contributed by atoms with Crippen LogP contribution >= 0.6 is 0 Å². The van der Waals surface area contributed by atoms with Crippen molar-refractivity contribution in [2.45, 2.75) is 38.0 Å². The summed E-state index contributed by atoms with van der Waals surface area (Å²) in [7, 11) is 1.81. The van der Waals surface area contributed by atoms with Crippen molar-refractivity contribution in [1.82, 2.24) is 15.5 Å². The van der Waals surface area contributed by atoms with E-state index in [0.29, 0.717) is 5.92 Å². The lowest BCUT2D eigenvalue weighted by atomic mass is 9.96. The zero-order chi connectivity index (χ0) is 17.7. The van der Waals surface area contributed by atoms with Gasteiger partial charge in [-0.1, -0.05) is 19.1 Å². The second-order valence-corrected chi connectivity index (χ2v) is 7.55. The lowest BCUT2D eigenvalue weighted by molar-refractivity contribution is 0.324. The van der Waals surface area contributed by atoms with Crippen molar-refractivity contribution >= 4 is 5.96 Å². The van der Waals surface area contributed by atoms with Crippen LogP contribution in [0, 0.1) is 11.7 Å². The van der Waals surface area contributed by atoms with E-state index in [-0.39, 0.29) is 11.2 Å². The molecular formula is C20H31FN4. The highest BCUT2D eigenvalue weighted by molar-refractivity contribution is 5.79. The average molecular weight is 346 g/mol. The highest BCUT2D eigenvalue weighted by Crippen LogP contribution is 2.47. The Bertz CT molecular complexity index is 597. The van der Waals surface area contributed by atoms with Crippen molar-refractivity contribution in [3.05, 3.63) is 35.6 Å². The first-order chi connectivity index (χ1) is 12.1. The molecule has 25 heavy (non-hydrogen) atoms. The van der Waals surface area contributed by atoms with Crippen molar-refractivity contribution in [3.8, 4) is 0 Å². The molecule has 0 aromatic heterocycles. The van der Waals surface area contributed by atoms with Gasteiger partial charge in [-0.2, -0.15) is 0 Å². The van der Waals surface area contributed by atoms with Gasteiger partial charge in [-0.3, -0.25) is 4.99 Å². The number of hydrogen-bond donors (Lipinski definition) is 2. The smallest absolute Gasteiger partial charge is 0.191 e. The van der Waals surface area contributed by atoms with E-state index in [2.05, 4.69) is 27.4 Å². The quantitative estimate of drug-likeness (QED) is 0.589.